The van der Waals surface area contributed by atoms with Gasteiger partial charge in [0.2, 0.25) is 16.0 Å². The average molecular weight is 307 g/mol. The van der Waals surface area contributed by atoms with Gasteiger partial charge in [-0.3, -0.25) is 4.79 Å². The van der Waals surface area contributed by atoms with E-state index in [9.17, 15) is 4.79 Å². The van der Waals surface area contributed by atoms with Crippen molar-refractivity contribution in [1.29, 1.82) is 0 Å². The lowest BCUT2D eigenvalue weighted by molar-refractivity contribution is -0.132. The normalized spacial score (nSPS) is 20.3. The van der Waals surface area contributed by atoms with Gasteiger partial charge in [0, 0.05) is 31.5 Å². The predicted molar refractivity (Wildman–Crippen MR) is 83.8 cm³/mol. The van der Waals surface area contributed by atoms with Crippen LogP contribution in [0.5, 0.6) is 0 Å². The highest BCUT2D eigenvalue weighted by molar-refractivity contribution is 7.20. The van der Waals surface area contributed by atoms with E-state index in [0.29, 0.717) is 6.42 Å². The van der Waals surface area contributed by atoms with Crippen LogP contribution in [0.1, 0.15) is 39.3 Å². The van der Waals surface area contributed by atoms with Crippen LogP contribution >= 0.6 is 11.3 Å². The predicted octanol–water partition coefficient (Wildman–Crippen LogP) is 2.12. The van der Waals surface area contributed by atoms with Gasteiger partial charge in [0.05, 0.1) is 11.9 Å². The summed E-state index contributed by atoms with van der Waals surface area (Å²) >= 11 is 1.56. The van der Waals surface area contributed by atoms with E-state index in [2.05, 4.69) is 36.2 Å². The molecule has 3 rings (SSSR count). The molecule has 1 fully saturated rings. The van der Waals surface area contributed by atoms with E-state index >= 15 is 0 Å². The molecule has 114 valence electrons. The van der Waals surface area contributed by atoms with Crippen LogP contribution in [0.15, 0.2) is 6.20 Å². The Hall–Kier alpha value is -1.63. The largest absolute Gasteiger partial charge is 0.356 e. The summed E-state index contributed by atoms with van der Waals surface area (Å²) in [5.74, 6) is 0.219. The third-order valence-corrected chi connectivity index (χ3v) is 4.62. The molecule has 0 aromatic carbocycles. The number of likely N-dealkylation sites (N-methyl/N-ethyl adjacent to an activating group) is 1. The van der Waals surface area contributed by atoms with Gasteiger partial charge >= 0.3 is 0 Å². The van der Waals surface area contributed by atoms with Crippen LogP contribution in [-0.2, 0) is 10.2 Å². The maximum Gasteiger partial charge on any atom is 0.222 e. The highest BCUT2D eigenvalue weighted by Crippen LogP contribution is 2.26. The van der Waals surface area contributed by atoms with Crippen LogP contribution in [0.25, 0.3) is 4.96 Å². The molecule has 0 unspecified atom stereocenters. The summed E-state index contributed by atoms with van der Waals surface area (Å²) in [7, 11) is 1.85. The van der Waals surface area contributed by atoms with Crippen LogP contribution in [0.3, 0.4) is 0 Å². The summed E-state index contributed by atoms with van der Waals surface area (Å²) < 4.78 is 1.84. The molecule has 1 N–H and O–H groups in total. The van der Waals surface area contributed by atoms with Crippen molar-refractivity contribution in [2.45, 2.75) is 45.1 Å². The second-order valence-corrected chi connectivity index (χ2v) is 7.62. The number of anilines is 1. The van der Waals surface area contributed by atoms with Crippen molar-refractivity contribution in [2.75, 3.05) is 18.9 Å². The number of nitrogens with one attached hydrogen (secondary N) is 1. The van der Waals surface area contributed by atoms with Crippen LogP contribution in [0.2, 0.25) is 0 Å². The lowest BCUT2D eigenvalue weighted by Crippen LogP contribution is -2.43. The zero-order chi connectivity index (χ0) is 15.2. The van der Waals surface area contributed by atoms with Crippen LogP contribution in [0, 0.1) is 0 Å². The molecule has 0 saturated carbocycles. The first-order valence-electron chi connectivity index (χ1n) is 7.20. The molecule has 1 amide bonds. The monoisotopic (exact) mass is 307 g/mol. The van der Waals surface area contributed by atoms with Crippen molar-refractivity contribution in [3.8, 4) is 0 Å². The van der Waals surface area contributed by atoms with E-state index in [0.717, 1.165) is 28.8 Å². The number of hydrogen-bond acceptors (Lipinski definition) is 5. The van der Waals surface area contributed by atoms with Crippen molar-refractivity contribution in [3.05, 3.63) is 11.9 Å². The van der Waals surface area contributed by atoms with E-state index < -0.39 is 0 Å². The molecule has 0 spiro atoms. The average Bonchev–Trinajstić information content (AvgIpc) is 2.91. The first kappa shape index (κ1) is 14.3. The highest BCUT2D eigenvalue weighted by Gasteiger charge is 2.24. The number of imidazole rings is 1. The Morgan fingerprint density at radius 1 is 1.43 bits per heavy atom. The Labute approximate surface area is 128 Å². The lowest BCUT2D eigenvalue weighted by atomic mass is 9.93. The Kier molecular flexibility index (Phi) is 3.39. The SMILES string of the molecule is CN1C[C@H](Nc2nn3cc(C(C)(C)C)nc3s2)CCC1=O. The highest BCUT2D eigenvalue weighted by atomic mass is 32.1. The number of aromatic nitrogens is 3. The lowest BCUT2D eigenvalue weighted by Gasteiger charge is -2.29. The molecule has 2 aromatic heterocycles. The molecule has 0 radical (unpaired) electrons. The summed E-state index contributed by atoms with van der Waals surface area (Å²) in [6.45, 7) is 7.17. The smallest absolute Gasteiger partial charge is 0.222 e. The first-order valence-corrected chi connectivity index (χ1v) is 8.02. The van der Waals surface area contributed by atoms with Crippen LogP contribution in [0.4, 0.5) is 5.13 Å². The number of piperidine rings is 1. The molecule has 2 aromatic rings. The molecular formula is C14H21N5OS. The number of carbonyl (C=O) groups excluding carboxylic acids is 1. The summed E-state index contributed by atoms with van der Waals surface area (Å²) in [6, 6.07) is 0.269. The van der Waals surface area contributed by atoms with Gasteiger partial charge in [-0.25, -0.2) is 9.50 Å². The van der Waals surface area contributed by atoms with Crippen molar-refractivity contribution >= 4 is 27.3 Å². The zero-order valence-electron chi connectivity index (χ0n) is 12.9. The Balaban J connectivity index is 1.73. The molecule has 0 aliphatic carbocycles. The van der Waals surface area contributed by atoms with Crippen molar-refractivity contribution in [2.24, 2.45) is 0 Å². The molecule has 6 nitrogen and oxygen atoms in total. The Bertz CT molecular complexity index is 637. The number of nitrogens with zero attached hydrogens (tertiary/aromatic N) is 4. The molecule has 3 heterocycles. The first-order chi connectivity index (χ1) is 9.83. The topological polar surface area (TPSA) is 62.5 Å². The van der Waals surface area contributed by atoms with E-state index in [1.165, 1.54) is 0 Å². The van der Waals surface area contributed by atoms with Gasteiger partial charge in [-0.15, -0.1) is 5.10 Å². The second kappa shape index (κ2) is 4.98. The molecule has 0 bridgehead atoms. The van der Waals surface area contributed by atoms with Gasteiger partial charge in [-0.05, 0) is 6.42 Å². The fourth-order valence-corrected chi connectivity index (χ4v) is 3.28. The zero-order valence-corrected chi connectivity index (χ0v) is 13.7. The van der Waals surface area contributed by atoms with Gasteiger partial charge in [-0.2, -0.15) is 0 Å². The molecule has 7 heteroatoms. The molecule has 1 atom stereocenters. The number of rotatable bonds is 2. The molecule has 1 aliphatic rings. The fourth-order valence-electron chi connectivity index (χ4n) is 2.42. The number of likely N-dealkylation sites (tertiary alicyclic amines) is 1. The second-order valence-electron chi connectivity index (χ2n) is 6.66. The Morgan fingerprint density at radius 3 is 2.81 bits per heavy atom. The third-order valence-electron chi connectivity index (χ3n) is 3.77. The summed E-state index contributed by atoms with van der Waals surface area (Å²) in [6.07, 6.45) is 3.46. The summed E-state index contributed by atoms with van der Waals surface area (Å²) in [5, 5.41) is 8.83. The van der Waals surface area contributed by atoms with Gasteiger partial charge in [0.25, 0.3) is 0 Å². The maximum atomic E-state index is 11.5. The van der Waals surface area contributed by atoms with Crippen molar-refractivity contribution in [1.82, 2.24) is 19.5 Å². The molecule has 1 aliphatic heterocycles. The number of fused-ring (bicyclic) bond motifs is 1. The number of hydrogen-bond donors (Lipinski definition) is 1. The van der Waals surface area contributed by atoms with E-state index in [-0.39, 0.29) is 17.4 Å². The summed E-state index contributed by atoms with van der Waals surface area (Å²) in [5.41, 5.74) is 1.09. The van der Waals surface area contributed by atoms with Gasteiger partial charge < -0.3 is 10.2 Å². The van der Waals surface area contributed by atoms with Crippen LogP contribution in [-0.4, -0.2) is 45.0 Å². The van der Waals surface area contributed by atoms with Gasteiger partial charge in [-0.1, -0.05) is 32.1 Å². The summed E-state index contributed by atoms with van der Waals surface area (Å²) in [4.78, 5) is 18.8. The maximum absolute atomic E-state index is 11.5. The van der Waals surface area contributed by atoms with Crippen molar-refractivity contribution in [3.63, 3.8) is 0 Å². The minimum Gasteiger partial charge on any atom is -0.356 e. The van der Waals surface area contributed by atoms with Gasteiger partial charge in [0.1, 0.15) is 0 Å². The number of carbonyl (C=O) groups is 1. The van der Waals surface area contributed by atoms with E-state index in [1.807, 2.05) is 17.8 Å². The van der Waals surface area contributed by atoms with Gasteiger partial charge in [0.15, 0.2) is 0 Å². The van der Waals surface area contributed by atoms with Crippen molar-refractivity contribution < 1.29 is 4.79 Å². The third kappa shape index (κ3) is 2.88. The Morgan fingerprint density at radius 2 is 2.19 bits per heavy atom. The van der Waals surface area contributed by atoms with E-state index in [4.69, 9.17) is 0 Å². The van der Waals surface area contributed by atoms with E-state index in [1.54, 1.807) is 16.2 Å². The molecule has 1 saturated heterocycles. The molecule has 21 heavy (non-hydrogen) atoms. The quantitative estimate of drug-likeness (QED) is 0.923. The van der Waals surface area contributed by atoms with Crippen LogP contribution < -0.4 is 5.32 Å². The fraction of sp³-hybridized carbons (Fsp3) is 0.643. The standard InChI is InChI=1S/C14H21N5OS/c1-14(2,3)10-8-19-13(16-10)21-12(17-19)15-9-5-6-11(20)18(4)7-9/h8-9H,5-7H2,1-4H3,(H,15,17)/t9-/m1/s1. The minimum atomic E-state index is 0.0352. The minimum absolute atomic E-state index is 0.0352. The number of amides is 1. The molecular weight excluding hydrogens is 286 g/mol.